The first-order valence-electron chi connectivity index (χ1n) is 9.55. The zero-order valence-electron chi connectivity index (χ0n) is 15.2. The summed E-state index contributed by atoms with van der Waals surface area (Å²) in [5.74, 6) is -0.0540. The molecule has 0 aliphatic carbocycles. The third-order valence-corrected chi connectivity index (χ3v) is 5.51. The van der Waals surface area contributed by atoms with Crippen LogP contribution in [0.3, 0.4) is 0 Å². The van der Waals surface area contributed by atoms with Gasteiger partial charge in [0.15, 0.2) is 0 Å². The average molecular weight is 366 g/mol. The Bertz CT molecular complexity index is 832. The minimum Gasteiger partial charge on any atom is -0.338 e. The molecule has 0 saturated carbocycles. The van der Waals surface area contributed by atoms with Crippen LogP contribution in [0.1, 0.15) is 53.2 Å². The molecule has 140 valence electrons. The normalized spacial score (nSPS) is 19.7. The zero-order valence-corrected chi connectivity index (χ0v) is 15.2. The Hall–Kier alpha value is -2.69. The van der Waals surface area contributed by atoms with E-state index in [-0.39, 0.29) is 23.7 Å². The number of carbonyl (C=O) groups is 2. The van der Waals surface area contributed by atoms with E-state index in [4.69, 9.17) is 0 Å². The molecule has 1 atom stereocenters. The number of halogens is 1. The van der Waals surface area contributed by atoms with Crippen molar-refractivity contribution < 1.29 is 14.0 Å². The second-order valence-electron chi connectivity index (χ2n) is 7.32. The third-order valence-electron chi connectivity index (χ3n) is 5.51. The quantitative estimate of drug-likeness (QED) is 0.823. The first-order chi connectivity index (χ1) is 13.1. The van der Waals surface area contributed by atoms with Crippen molar-refractivity contribution in [1.82, 2.24) is 9.80 Å². The van der Waals surface area contributed by atoms with E-state index in [0.717, 1.165) is 36.9 Å². The van der Waals surface area contributed by atoms with Gasteiger partial charge in [-0.1, -0.05) is 24.3 Å². The van der Waals surface area contributed by atoms with Crippen LogP contribution in [0.5, 0.6) is 0 Å². The molecule has 2 aliphatic heterocycles. The fourth-order valence-electron chi connectivity index (χ4n) is 4.05. The number of amides is 2. The fraction of sp³-hybridized carbons (Fsp3) is 0.364. The van der Waals surface area contributed by atoms with E-state index in [1.54, 1.807) is 12.1 Å². The Balaban J connectivity index is 1.46. The van der Waals surface area contributed by atoms with Gasteiger partial charge in [-0.15, -0.1) is 0 Å². The van der Waals surface area contributed by atoms with Crippen LogP contribution in [0.4, 0.5) is 4.39 Å². The van der Waals surface area contributed by atoms with Gasteiger partial charge < -0.3 is 9.80 Å². The predicted molar refractivity (Wildman–Crippen MR) is 101 cm³/mol. The molecule has 0 bridgehead atoms. The second kappa shape index (κ2) is 7.51. The Kier molecular flexibility index (Phi) is 4.92. The van der Waals surface area contributed by atoms with E-state index in [1.807, 2.05) is 34.1 Å². The van der Waals surface area contributed by atoms with E-state index in [1.165, 1.54) is 12.1 Å². The van der Waals surface area contributed by atoms with Crippen LogP contribution in [0.2, 0.25) is 0 Å². The van der Waals surface area contributed by atoms with Crippen molar-refractivity contribution in [3.8, 4) is 0 Å². The van der Waals surface area contributed by atoms with Crippen molar-refractivity contribution in [3.05, 3.63) is 71.0 Å². The van der Waals surface area contributed by atoms with Crippen LogP contribution in [-0.4, -0.2) is 34.7 Å². The Morgan fingerprint density at radius 3 is 2.41 bits per heavy atom. The molecule has 27 heavy (non-hydrogen) atoms. The van der Waals surface area contributed by atoms with Gasteiger partial charge in [-0.2, -0.15) is 0 Å². The largest absolute Gasteiger partial charge is 0.338 e. The molecule has 2 saturated heterocycles. The Morgan fingerprint density at radius 2 is 1.74 bits per heavy atom. The lowest BCUT2D eigenvalue weighted by atomic mass is 10.0. The number of benzene rings is 2. The number of nitrogens with zero attached hydrogens (tertiary/aromatic N) is 2. The van der Waals surface area contributed by atoms with Crippen LogP contribution >= 0.6 is 0 Å². The maximum atomic E-state index is 13.2. The number of carbonyl (C=O) groups excluding carboxylic acids is 2. The summed E-state index contributed by atoms with van der Waals surface area (Å²) in [7, 11) is 0. The van der Waals surface area contributed by atoms with Gasteiger partial charge in [-0.3, -0.25) is 9.59 Å². The highest BCUT2D eigenvalue weighted by Gasteiger charge is 2.30. The molecular formula is C22H23FN2O2. The summed E-state index contributed by atoms with van der Waals surface area (Å²) in [6.07, 6.45) is 3.40. The molecule has 0 radical (unpaired) electrons. The molecule has 2 aliphatic rings. The molecule has 1 unspecified atom stereocenters. The van der Waals surface area contributed by atoms with Crippen molar-refractivity contribution in [1.29, 1.82) is 0 Å². The van der Waals surface area contributed by atoms with Crippen molar-refractivity contribution >= 4 is 11.8 Å². The van der Waals surface area contributed by atoms with E-state index in [9.17, 15) is 14.0 Å². The highest BCUT2D eigenvalue weighted by Crippen LogP contribution is 2.33. The molecule has 2 aromatic rings. The van der Waals surface area contributed by atoms with Crippen molar-refractivity contribution in [2.45, 2.75) is 38.3 Å². The minimum atomic E-state index is -0.262. The smallest absolute Gasteiger partial charge is 0.254 e. The lowest BCUT2D eigenvalue weighted by Crippen LogP contribution is -2.30. The molecule has 0 N–H and O–H groups in total. The molecular weight excluding hydrogens is 343 g/mol. The summed E-state index contributed by atoms with van der Waals surface area (Å²) in [6, 6.07) is 14.0. The third kappa shape index (κ3) is 3.72. The molecule has 2 fully saturated rings. The summed E-state index contributed by atoms with van der Waals surface area (Å²) < 4.78 is 13.2. The highest BCUT2D eigenvalue weighted by atomic mass is 19.1. The first-order valence-corrected chi connectivity index (χ1v) is 9.55. The molecule has 0 aromatic heterocycles. The van der Waals surface area contributed by atoms with Gasteiger partial charge in [0.2, 0.25) is 5.91 Å². The first kappa shape index (κ1) is 17.7. The maximum Gasteiger partial charge on any atom is 0.254 e. The number of hydrogen-bond donors (Lipinski definition) is 0. The van der Waals surface area contributed by atoms with Gasteiger partial charge in [-0.25, -0.2) is 4.39 Å². The molecule has 0 spiro atoms. The zero-order chi connectivity index (χ0) is 18.8. The summed E-state index contributed by atoms with van der Waals surface area (Å²) in [6.45, 7) is 2.13. The standard InChI is InChI=1S/C22H23FN2O2/c23-19-11-9-17(10-12-19)20-3-1-14-25(20)22(27)18-7-5-16(6-8-18)15-24-13-2-4-21(24)26/h5-12,20H,1-4,13-15H2. The topological polar surface area (TPSA) is 40.6 Å². The Labute approximate surface area is 158 Å². The second-order valence-corrected chi connectivity index (χ2v) is 7.32. The molecule has 4 nitrogen and oxygen atoms in total. The van der Waals surface area contributed by atoms with E-state index < -0.39 is 0 Å². The van der Waals surface area contributed by atoms with Crippen LogP contribution in [-0.2, 0) is 11.3 Å². The molecule has 2 amide bonds. The molecule has 4 rings (SSSR count). The van der Waals surface area contributed by atoms with Gasteiger partial charge in [0.1, 0.15) is 5.82 Å². The summed E-state index contributed by atoms with van der Waals surface area (Å²) in [4.78, 5) is 28.5. The fourth-order valence-corrected chi connectivity index (χ4v) is 4.05. The number of hydrogen-bond acceptors (Lipinski definition) is 2. The maximum absolute atomic E-state index is 13.2. The summed E-state index contributed by atoms with van der Waals surface area (Å²) in [5.41, 5.74) is 2.67. The molecule has 2 aromatic carbocycles. The van der Waals surface area contributed by atoms with Crippen LogP contribution in [0.15, 0.2) is 48.5 Å². The van der Waals surface area contributed by atoms with Gasteiger partial charge in [0.05, 0.1) is 6.04 Å². The number of likely N-dealkylation sites (tertiary alicyclic amines) is 2. The monoisotopic (exact) mass is 366 g/mol. The SMILES string of the molecule is O=C1CCCN1Cc1ccc(C(=O)N2CCCC2c2ccc(F)cc2)cc1. The van der Waals surface area contributed by atoms with Crippen molar-refractivity contribution in [2.24, 2.45) is 0 Å². The molecule has 5 heteroatoms. The van der Waals surface area contributed by atoms with Crippen molar-refractivity contribution in [3.63, 3.8) is 0 Å². The van der Waals surface area contributed by atoms with Gasteiger partial charge >= 0.3 is 0 Å². The lowest BCUT2D eigenvalue weighted by molar-refractivity contribution is -0.128. The van der Waals surface area contributed by atoms with E-state index >= 15 is 0 Å². The van der Waals surface area contributed by atoms with Gasteiger partial charge in [-0.05, 0) is 54.7 Å². The van der Waals surface area contributed by atoms with Crippen LogP contribution < -0.4 is 0 Å². The van der Waals surface area contributed by atoms with Gasteiger partial charge in [0.25, 0.3) is 5.91 Å². The predicted octanol–water partition coefficient (Wildman–Crippen LogP) is 3.93. The summed E-state index contributed by atoms with van der Waals surface area (Å²) >= 11 is 0. The summed E-state index contributed by atoms with van der Waals surface area (Å²) in [5, 5.41) is 0. The van der Waals surface area contributed by atoms with Crippen LogP contribution in [0.25, 0.3) is 0 Å². The Morgan fingerprint density at radius 1 is 1.00 bits per heavy atom. The lowest BCUT2D eigenvalue weighted by Gasteiger charge is -2.25. The van der Waals surface area contributed by atoms with Crippen molar-refractivity contribution in [2.75, 3.05) is 13.1 Å². The highest BCUT2D eigenvalue weighted by molar-refractivity contribution is 5.94. The van der Waals surface area contributed by atoms with E-state index in [2.05, 4.69) is 0 Å². The molecule has 2 heterocycles. The average Bonchev–Trinajstić information content (AvgIpc) is 3.32. The minimum absolute atomic E-state index is 0.00000190. The van der Waals surface area contributed by atoms with Gasteiger partial charge in [0, 0.05) is 31.6 Å². The number of rotatable bonds is 4. The van der Waals surface area contributed by atoms with E-state index in [0.29, 0.717) is 25.1 Å². The van der Waals surface area contributed by atoms with Crippen LogP contribution in [0, 0.1) is 5.82 Å².